The van der Waals surface area contributed by atoms with Gasteiger partial charge in [-0.3, -0.25) is 5.43 Å². The third-order valence-electron chi connectivity index (χ3n) is 2.98. The van der Waals surface area contributed by atoms with Crippen molar-refractivity contribution in [3.8, 4) is 0 Å². The zero-order valence-corrected chi connectivity index (χ0v) is 10.6. The Morgan fingerprint density at radius 3 is 2.58 bits per heavy atom. The summed E-state index contributed by atoms with van der Waals surface area (Å²) in [7, 11) is 0. The van der Waals surface area contributed by atoms with Gasteiger partial charge >= 0.3 is 0 Å². The second-order valence-corrected chi connectivity index (χ2v) is 4.30. The molecule has 0 saturated heterocycles. The van der Waals surface area contributed by atoms with Crippen LogP contribution in [0.25, 0.3) is 11.0 Å². The minimum Gasteiger partial charge on any atom is -0.461 e. The Morgan fingerprint density at radius 1 is 1.00 bits per heavy atom. The summed E-state index contributed by atoms with van der Waals surface area (Å²) in [5, 5.41) is 5.34. The summed E-state index contributed by atoms with van der Waals surface area (Å²) < 4.78 is 5.68. The highest BCUT2D eigenvalue weighted by atomic mass is 16.3. The molecule has 0 aliphatic rings. The number of furan rings is 1. The molecule has 0 spiro atoms. The van der Waals surface area contributed by atoms with Crippen LogP contribution in [0.4, 0.5) is 5.69 Å². The second-order valence-electron chi connectivity index (χ2n) is 4.30. The minimum atomic E-state index is 0.875. The van der Waals surface area contributed by atoms with Gasteiger partial charge in [0.1, 0.15) is 11.3 Å². The van der Waals surface area contributed by atoms with E-state index in [4.69, 9.17) is 4.42 Å². The number of hydrazone groups is 1. The molecule has 1 N–H and O–H groups in total. The lowest BCUT2D eigenvalue weighted by molar-refractivity contribution is 0.578. The summed E-state index contributed by atoms with van der Waals surface area (Å²) in [4.78, 5) is 0. The maximum atomic E-state index is 5.68. The molecule has 2 aromatic carbocycles. The van der Waals surface area contributed by atoms with Crippen molar-refractivity contribution in [3.05, 3.63) is 65.9 Å². The van der Waals surface area contributed by atoms with Gasteiger partial charge in [0.05, 0.1) is 11.9 Å². The van der Waals surface area contributed by atoms with Gasteiger partial charge in [0, 0.05) is 10.9 Å². The lowest BCUT2D eigenvalue weighted by Gasteiger charge is -1.98. The van der Waals surface area contributed by atoms with E-state index in [-0.39, 0.29) is 0 Å². The molecule has 0 unspecified atom stereocenters. The first-order valence-electron chi connectivity index (χ1n) is 6.17. The Labute approximate surface area is 111 Å². The zero-order chi connectivity index (χ0) is 13.1. The van der Waals surface area contributed by atoms with Crippen LogP contribution < -0.4 is 5.43 Å². The molecule has 3 aromatic rings. The first-order chi connectivity index (χ1) is 9.34. The van der Waals surface area contributed by atoms with E-state index in [2.05, 4.69) is 10.5 Å². The molecular weight excluding hydrogens is 236 g/mol. The largest absolute Gasteiger partial charge is 0.461 e. The van der Waals surface area contributed by atoms with Gasteiger partial charge < -0.3 is 4.42 Å². The van der Waals surface area contributed by atoms with Crippen molar-refractivity contribution in [1.29, 1.82) is 0 Å². The van der Waals surface area contributed by atoms with E-state index in [0.29, 0.717) is 0 Å². The van der Waals surface area contributed by atoms with Crippen molar-refractivity contribution in [2.45, 2.75) is 6.92 Å². The Kier molecular flexibility index (Phi) is 3.02. The van der Waals surface area contributed by atoms with Gasteiger partial charge in [-0.05, 0) is 25.1 Å². The third kappa shape index (κ3) is 2.36. The number of nitrogens with one attached hydrogen (secondary N) is 1. The molecule has 0 aliphatic heterocycles. The fourth-order valence-corrected chi connectivity index (χ4v) is 2.03. The quantitative estimate of drug-likeness (QED) is 0.559. The average Bonchev–Trinajstić information content (AvgIpc) is 2.76. The van der Waals surface area contributed by atoms with Gasteiger partial charge in [-0.1, -0.05) is 36.4 Å². The van der Waals surface area contributed by atoms with E-state index in [9.17, 15) is 0 Å². The van der Waals surface area contributed by atoms with Crippen LogP contribution in [0.5, 0.6) is 0 Å². The fourth-order valence-electron chi connectivity index (χ4n) is 2.03. The number of nitrogens with zero attached hydrogens (tertiary/aromatic N) is 1. The van der Waals surface area contributed by atoms with E-state index in [1.165, 1.54) is 0 Å². The molecule has 0 aliphatic carbocycles. The molecule has 94 valence electrons. The summed E-state index contributed by atoms with van der Waals surface area (Å²) in [5.74, 6) is 0.875. The first-order valence-corrected chi connectivity index (χ1v) is 6.17. The third-order valence-corrected chi connectivity index (χ3v) is 2.98. The van der Waals surface area contributed by atoms with E-state index < -0.39 is 0 Å². The van der Waals surface area contributed by atoms with Crippen LogP contribution >= 0.6 is 0 Å². The molecule has 3 rings (SSSR count). The molecule has 0 amide bonds. The van der Waals surface area contributed by atoms with Gasteiger partial charge in [0.15, 0.2) is 0 Å². The summed E-state index contributed by atoms with van der Waals surface area (Å²) in [5.41, 5.74) is 5.87. The van der Waals surface area contributed by atoms with Crippen molar-refractivity contribution < 1.29 is 4.42 Å². The van der Waals surface area contributed by atoms with Gasteiger partial charge in [0.2, 0.25) is 0 Å². The Balaban J connectivity index is 1.87. The predicted octanol–water partition coefficient (Wildman–Crippen LogP) is 4.19. The van der Waals surface area contributed by atoms with E-state index in [1.54, 1.807) is 6.21 Å². The monoisotopic (exact) mass is 250 g/mol. The van der Waals surface area contributed by atoms with Crippen LogP contribution in [0.2, 0.25) is 0 Å². The molecule has 19 heavy (non-hydrogen) atoms. The molecule has 0 radical (unpaired) electrons. The summed E-state index contributed by atoms with van der Waals surface area (Å²) in [6.45, 7) is 1.95. The molecule has 0 saturated carbocycles. The molecule has 3 heteroatoms. The smallest absolute Gasteiger partial charge is 0.134 e. The van der Waals surface area contributed by atoms with Crippen LogP contribution in [0, 0.1) is 6.92 Å². The maximum absolute atomic E-state index is 5.68. The van der Waals surface area contributed by atoms with Crippen molar-refractivity contribution in [1.82, 2.24) is 0 Å². The van der Waals surface area contributed by atoms with Gasteiger partial charge in [-0.25, -0.2) is 0 Å². The van der Waals surface area contributed by atoms with Gasteiger partial charge in [-0.2, -0.15) is 5.10 Å². The SMILES string of the molecule is Cc1oc2ccccc2c1/C=N/Nc1ccccc1. The highest BCUT2D eigenvalue weighted by molar-refractivity contribution is 5.99. The molecule has 0 fully saturated rings. The van der Waals surface area contributed by atoms with Crippen molar-refractivity contribution in [2.75, 3.05) is 5.43 Å². The van der Waals surface area contributed by atoms with Crippen LogP contribution in [0.1, 0.15) is 11.3 Å². The minimum absolute atomic E-state index is 0.875. The second kappa shape index (κ2) is 4.98. The normalized spacial score (nSPS) is 11.2. The fraction of sp³-hybridized carbons (Fsp3) is 0.0625. The van der Waals surface area contributed by atoms with Crippen LogP contribution in [-0.4, -0.2) is 6.21 Å². The number of benzene rings is 2. The topological polar surface area (TPSA) is 37.5 Å². The summed E-state index contributed by atoms with van der Waals surface area (Å²) >= 11 is 0. The molecule has 0 atom stereocenters. The number of hydrogen-bond acceptors (Lipinski definition) is 3. The van der Waals surface area contributed by atoms with E-state index >= 15 is 0 Å². The zero-order valence-electron chi connectivity index (χ0n) is 10.6. The lowest BCUT2D eigenvalue weighted by atomic mass is 10.1. The number of para-hydroxylation sites is 2. The molecule has 1 heterocycles. The molecule has 1 aromatic heterocycles. The average molecular weight is 250 g/mol. The molecular formula is C16H14N2O. The summed E-state index contributed by atoms with van der Waals surface area (Å²) in [6, 6.07) is 17.8. The number of hydrogen-bond donors (Lipinski definition) is 1. The maximum Gasteiger partial charge on any atom is 0.134 e. The van der Waals surface area contributed by atoms with Crippen molar-refractivity contribution in [2.24, 2.45) is 5.10 Å². The summed E-state index contributed by atoms with van der Waals surface area (Å²) in [6.07, 6.45) is 1.80. The molecule has 3 nitrogen and oxygen atoms in total. The Hall–Kier alpha value is -2.55. The molecule has 0 bridgehead atoms. The van der Waals surface area contributed by atoms with Crippen LogP contribution in [0.3, 0.4) is 0 Å². The van der Waals surface area contributed by atoms with Crippen LogP contribution in [0.15, 0.2) is 64.1 Å². The Morgan fingerprint density at radius 2 is 1.74 bits per heavy atom. The van der Waals surface area contributed by atoms with Crippen LogP contribution in [-0.2, 0) is 0 Å². The standard InChI is InChI=1S/C16H14N2O/c1-12-15(14-9-5-6-10-16(14)19-12)11-17-18-13-7-3-2-4-8-13/h2-11,18H,1H3/b17-11+. The lowest BCUT2D eigenvalue weighted by Crippen LogP contribution is -1.90. The predicted molar refractivity (Wildman–Crippen MR) is 78.6 cm³/mol. The van der Waals surface area contributed by atoms with Gasteiger partial charge in [-0.15, -0.1) is 0 Å². The first kappa shape index (κ1) is 11.5. The highest BCUT2D eigenvalue weighted by Crippen LogP contribution is 2.23. The van der Waals surface area contributed by atoms with Gasteiger partial charge in [0.25, 0.3) is 0 Å². The van der Waals surface area contributed by atoms with Crippen molar-refractivity contribution >= 4 is 22.9 Å². The number of anilines is 1. The van der Waals surface area contributed by atoms with E-state index in [1.807, 2.05) is 61.5 Å². The van der Waals surface area contributed by atoms with Crippen molar-refractivity contribution in [3.63, 3.8) is 0 Å². The number of aryl methyl sites for hydroxylation is 1. The number of rotatable bonds is 3. The number of fused-ring (bicyclic) bond motifs is 1. The van der Waals surface area contributed by atoms with E-state index in [0.717, 1.165) is 28.0 Å². The Bertz CT molecular complexity index is 714. The highest BCUT2D eigenvalue weighted by Gasteiger charge is 2.07.